The molecule has 1 atom stereocenters. The van der Waals surface area contributed by atoms with Gasteiger partial charge in [-0.05, 0) is 12.1 Å². The molecule has 0 saturated carbocycles. The Labute approximate surface area is 149 Å². The fourth-order valence-electron chi connectivity index (χ4n) is 2.71. The minimum absolute atomic E-state index is 0.128. The predicted octanol–water partition coefficient (Wildman–Crippen LogP) is 0.543. The molecule has 25 heavy (non-hydrogen) atoms. The first-order valence-corrected chi connectivity index (χ1v) is 8.09. The summed E-state index contributed by atoms with van der Waals surface area (Å²) in [6.07, 6.45) is 0. The summed E-state index contributed by atoms with van der Waals surface area (Å²) in [7, 11) is 0. The summed E-state index contributed by atoms with van der Waals surface area (Å²) in [6.45, 7) is 1.77. The lowest BCUT2D eigenvalue weighted by atomic mass is 10.2. The Morgan fingerprint density at radius 3 is 3.00 bits per heavy atom. The van der Waals surface area contributed by atoms with Crippen LogP contribution in [0.4, 0.5) is 20.6 Å². The van der Waals surface area contributed by atoms with Crippen molar-refractivity contribution in [3.05, 3.63) is 24.0 Å². The number of anilines is 2. The van der Waals surface area contributed by atoms with E-state index in [4.69, 9.17) is 5.73 Å². The van der Waals surface area contributed by atoms with Crippen molar-refractivity contribution in [2.45, 2.75) is 6.04 Å². The van der Waals surface area contributed by atoms with Gasteiger partial charge in [0.1, 0.15) is 11.9 Å². The number of thiol groups is 1. The maximum absolute atomic E-state index is 14.5. The molecule has 3 rings (SSSR count). The largest absolute Gasteiger partial charge is 0.358 e. The molecule has 0 radical (unpaired) electrons. The van der Waals surface area contributed by atoms with Gasteiger partial charge < -0.3 is 16.0 Å². The molecule has 134 valence electrons. The molecule has 3 amide bonds. The smallest absolute Gasteiger partial charge is 0.324 e. The number of piperazine rings is 1. The van der Waals surface area contributed by atoms with E-state index in [1.807, 2.05) is 0 Å². The van der Waals surface area contributed by atoms with E-state index in [1.165, 1.54) is 6.07 Å². The number of nitrogens with one attached hydrogen (secondary N) is 1. The zero-order valence-electron chi connectivity index (χ0n) is 13.3. The molecule has 1 fully saturated rings. The zero-order chi connectivity index (χ0) is 18.0. The fourth-order valence-corrected chi connectivity index (χ4v) is 2.89. The maximum Gasteiger partial charge on any atom is 0.324 e. The van der Waals surface area contributed by atoms with Crippen molar-refractivity contribution >= 4 is 36.1 Å². The highest BCUT2D eigenvalue weighted by atomic mass is 32.1. The second-order valence-corrected chi connectivity index (χ2v) is 6.25. The van der Waals surface area contributed by atoms with Gasteiger partial charge in [0.05, 0.1) is 31.0 Å². The molecular weight excluding hydrogens is 349 g/mol. The number of rotatable bonds is 4. The first-order valence-electron chi connectivity index (χ1n) is 7.69. The van der Waals surface area contributed by atoms with Crippen LogP contribution in [-0.4, -0.2) is 55.0 Å². The van der Waals surface area contributed by atoms with Gasteiger partial charge in [0.2, 0.25) is 5.91 Å². The maximum atomic E-state index is 14.5. The third kappa shape index (κ3) is 3.92. The average molecular weight is 367 g/mol. The highest BCUT2D eigenvalue weighted by molar-refractivity contribution is 7.78. The van der Waals surface area contributed by atoms with Gasteiger partial charge in [-0.2, -0.15) is 5.11 Å². The molecule has 0 bridgehead atoms. The summed E-state index contributed by atoms with van der Waals surface area (Å²) in [6, 6.07) is 3.74. The van der Waals surface area contributed by atoms with Gasteiger partial charge in [-0.3, -0.25) is 9.10 Å². The number of hydrogen-bond donors (Lipinski definition) is 3. The molecule has 1 aromatic carbocycles. The van der Waals surface area contributed by atoms with Gasteiger partial charge >= 0.3 is 6.03 Å². The van der Waals surface area contributed by atoms with E-state index in [0.29, 0.717) is 31.0 Å². The molecule has 9 nitrogen and oxygen atoms in total. The number of halogens is 1. The molecule has 11 heteroatoms. The number of primary amides is 1. The van der Waals surface area contributed by atoms with Crippen molar-refractivity contribution < 1.29 is 14.0 Å². The Morgan fingerprint density at radius 1 is 1.52 bits per heavy atom. The van der Waals surface area contributed by atoms with E-state index in [9.17, 15) is 14.0 Å². The van der Waals surface area contributed by atoms with Crippen molar-refractivity contribution in [3.8, 4) is 0 Å². The normalized spacial score (nSPS) is 19.9. The van der Waals surface area contributed by atoms with E-state index in [0.717, 1.165) is 4.31 Å². The number of hydrogen-bond acceptors (Lipinski definition) is 7. The molecule has 1 unspecified atom stereocenters. The van der Waals surface area contributed by atoms with Crippen molar-refractivity contribution in [3.63, 3.8) is 0 Å². The Kier molecular flexibility index (Phi) is 4.93. The van der Waals surface area contributed by atoms with E-state index in [1.54, 1.807) is 22.0 Å². The second kappa shape index (κ2) is 7.13. The van der Waals surface area contributed by atoms with Crippen LogP contribution in [0.1, 0.15) is 0 Å². The van der Waals surface area contributed by atoms with E-state index < -0.39 is 11.8 Å². The summed E-state index contributed by atoms with van der Waals surface area (Å²) >= 11 is 3.95. The number of urea groups is 1. The summed E-state index contributed by atoms with van der Waals surface area (Å²) < 4.78 is 15.5. The third-order valence-electron chi connectivity index (χ3n) is 3.95. The summed E-state index contributed by atoms with van der Waals surface area (Å²) in [4.78, 5) is 24.1. The lowest BCUT2D eigenvalue weighted by Gasteiger charge is -2.29. The van der Waals surface area contributed by atoms with Crippen LogP contribution in [0.3, 0.4) is 0 Å². The minimum Gasteiger partial charge on any atom is -0.358 e. The number of nitrogens with two attached hydrogens (primary N) is 1. The first kappa shape index (κ1) is 17.3. The van der Waals surface area contributed by atoms with E-state index in [-0.39, 0.29) is 25.0 Å². The van der Waals surface area contributed by atoms with Crippen LogP contribution in [0, 0.1) is 5.82 Å². The van der Waals surface area contributed by atoms with Crippen LogP contribution in [0.25, 0.3) is 0 Å². The Morgan fingerprint density at radius 2 is 2.32 bits per heavy atom. The summed E-state index contributed by atoms with van der Waals surface area (Å²) in [5.74, 6) is -0.560. The molecular formula is C14H18FN7O2S. The molecule has 3 N–H and O–H groups in total. The standard InChI is InChI=1S/C14H18FN7O2S/c15-11-5-10(1-2-12(11)20-4-3-17-13(23)8-20)21-6-9(18-19-21)7-22(25)14(16)24/h1-2,5,9,25H,3-4,6-8H2,(H2,16,24)(H,17,23). The highest BCUT2D eigenvalue weighted by Crippen LogP contribution is 2.27. The van der Waals surface area contributed by atoms with Crippen LogP contribution in [-0.2, 0) is 4.79 Å². The van der Waals surface area contributed by atoms with Crippen LogP contribution in [0.2, 0.25) is 0 Å². The van der Waals surface area contributed by atoms with Crippen molar-refractivity contribution in [1.29, 1.82) is 0 Å². The topological polar surface area (TPSA) is 107 Å². The van der Waals surface area contributed by atoms with Gasteiger partial charge in [-0.25, -0.2) is 14.2 Å². The number of nitrogens with zero attached hydrogens (tertiary/aromatic N) is 5. The highest BCUT2D eigenvalue weighted by Gasteiger charge is 2.25. The minimum atomic E-state index is -0.669. The van der Waals surface area contributed by atoms with E-state index in [2.05, 4.69) is 28.5 Å². The summed E-state index contributed by atoms with van der Waals surface area (Å²) in [5, 5.41) is 12.3. The molecule has 2 aliphatic rings. The second-order valence-electron chi connectivity index (χ2n) is 5.77. The Hall–Kier alpha value is -2.56. The molecule has 1 saturated heterocycles. The van der Waals surface area contributed by atoms with Gasteiger partial charge in [0.25, 0.3) is 0 Å². The van der Waals surface area contributed by atoms with Crippen LogP contribution >= 0.6 is 12.8 Å². The number of carbonyl (C=O) groups is 2. The van der Waals surface area contributed by atoms with Crippen LogP contribution in [0.15, 0.2) is 28.5 Å². The van der Waals surface area contributed by atoms with Crippen LogP contribution < -0.4 is 21.0 Å². The monoisotopic (exact) mass is 367 g/mol. The third-order valence-corrected chi connectivity index (χ3v) is 4.31. The van der Waals surface area contributed by atoms with Gasteiger partial charge in [0.15, 0.2) is 0 Å². The molecule has 2 heterocycles. The SMILES string of the molecule is NC(=O)N(S)CC1CN(c2ccc(N3CCNC(=O)C3)c(F)c2)N=N1. The number of benzene rings is 1. The molecule has 0 aromatic heterocycles. The van der Waals surface area contributed by atoms with Gasteiger partial charge in [0, 0.05) is 19.2 Å². The molecule has 0 aliphatic carbocycles. The number of carbonyl (C=O) groups excluding carboxylic acids is 2. The van der Waals surface area contributed by atoms with Crippen LogP contribution in [0.5, 0.6) is 0 Å². The molecule has 2 aliphatic heterocycles. The number of amides is 3. The first-order chi connectivity index (χ1) is 11.9. The van der Waals surface area contributed by atoms with Crippen molar-refractivity contribution in [2.24, 2.45) is 16.1 Å². The van der Waals surface area contributed by atoms with Gasteiger partial charge in [-0.15, -0.1) is 0 Å². The molecule has 0 spiro atoms. The summed E-state index contributed by atoms with van der Waals surface area (Å²) in [5.41, 5.74) is 6.04. The van der Waals surface area contributed by atoms with Crippen molar-refractivity contribution in [1.82, 2.24) is 9.62 Å². The lowest BCUT2D eigenvalue weighted by molar-refractivity contribution is -0.120. The predicted molar refractivity (Wildman–Crippen MR) is 92.9 cm³/mol. The zero-order valence-corrected chi connectivity index (χ0v) is 14.2. The van der Waals surface area contributed by atoms with Crippen molar-refractivity contribution in [2.75, 3.05) is 42.6 Å². The lowest BCUT2D eigenvalue weighted by Crippen LogP contribution is -2.48. The van der Waals surface area contributed by atoms with E-state index >= 15 is 0 Å². The average Bonchev–Trinajstić information content (AvgIpc) is 3.03. The van der Waals surface area contributed by atoms with Gasteiger partial charge in [-0.1, -0.05) is 18.0 Å². The Bertz CT molecular complexity index is 716. The fraction of sp³-hybridized carbons (Fsp3) is 0.429. The quantitative estimate of drug-likeness (QED) is 0.675. The molecule has 1 aromatic rings. The Balaban J connectivity index is 1.66.